The van der Waals surface area contributed by atoms with Crippen LogP contribution >= 0.6 is 11.9 Å². The molecule has 2 atom stereocenters. The van der Waals surface area contributed by atoms with E-state index < -0.39 is 0 Å². The molecule has 1 amide bonds. The molecule has 0 radical (unpaired) electrons. The Morgan fingerprint density at radius 2 is 2.05 bits per heavy atom. The van der Waals surface area contributed by atoms with E-state index in [9.17, 15) is 4.79 Å². The van der Waals surface area contributed by atoms with E-state index in [1.807, 2.05) is 60.2 Å². The van der Waals surface area contributed by atoms with Crippen molar-refractivity contribution < 1.29 is 4.79 Å². The van der Waals surface area contributed by atoms with Gasteiger partial charge in [0, 0.05) is 48.9 Å². The number of imidazole rings is 1. The van der Waals surface area contributed by atoms with Crippen molar-refractivity contribution in [1.29, 1.82) is 0 Å². The van der Waals surface area contributed by atoms with Gasteiger partial charge in [-0.05, 0) is 56.3 Å². The van der Waals surface area contributed by atoms with Gasteiger partial charge < -0.3 is 10.6 Å². The van der Waals surface area contributed by atoms with Crippen molar-refractivity contribution in [2.45, 2.75) is 45.0 Å². The molecular formula is C28H33N9OS. The van der Waals surface area contributed by atoms with E-state index >= 15 is 0 Å². The summed E-state index contributed by atoms with van der Waals surface area (Å²) >= 11 is 1.58. The first-order chi connectivity index (χ1) is 19.0. The number of hydrogen-bond acceptors (Lipinski definition) is 8. The van der Waals surface area contributed by atoms with Gasteiger partial charge in [0.25, 0.3) is 0 Å². The third-order valence-corrected chi connectivity index (χ3v) is 7.98. The molecule has 1 saturated heterocycles. The van der Waals surface area contributed by atoms with E-state index in [0.717, 1.165) is 66.1 Å². The number of para-hydroxylation sites is 1. The Balaban J connectivity index is 1.13. The zero-order valence-electron chi connectivity index (χ0n) is 22.2. The van der Waals surface area contributed by atoms with Gasteiger partial charge in [0.05, 0.1) is 23.8 Å². The lowest BCUT2D eigenvalue weighted by molar-refractivity contribution is -0.116. The van der Waals surface area contributed by atoms with Crippen molar-refractivity contribution in [3.05, 3.63) is 60.8 Å². The molecule has 2 aliphatic rings. The standard InChI is InChI=1S/C28H33N9OS/c1-19-7-6-10-35(14-19)17-23-11-26(39-34-23)33-27-28-29-13-24(37(28)15-20(2)31-27)21-12-30-36(16-21)18-25(38)32-22-8-4-3-5-9-22/h3-5,8-9,12-13,15-16,19,26H,6-7,10-11,14,17-18H2,1-2H3,(H,31,33)(H,32,38). The average molecular weight is 544 g/mol. The van der Waals surface area contributed by atoms with Gasteiger partial charge in [-0.15, -0.1) is 0 Å². The van der Waals surface area contributed by atoms with Gasteiger partial charge in [0.15, 0.2) is 11.5 Å². The van der Waals surface area contributed by atoms with Gasteiger partial charge in [0.1, 0.15) is 11.9 Å². The topological polar surface area (TPSA) is 105 Å². The molecule has 2 aliphatic heterocycles. The summed E-state index contributed by atoms with van der Waals surface area (Å²) in [6.07, 6.45) is 10.9. The highest BCUT2D eigenvalue weighted by Gasteiger charge is 2.25. The summed E-state index contributed by atoms with van der Waals surface area (Å²) in [5.41, 5.74) is 5.41. The highest BCUT2D eigenvalue weighted by molar-refractivity contribution is 7.99. The monoisotopic (exact) mass is 543 g/mol. The van der Waals surface area contributed by atoms with E-state index in [4.69, 9.17) is 14.4 Å². The van der Waals surface area contributed by atoms with Gasteiger partial charge in [-0.1, -0.05) is 25.1 Å². The largest absolute Gasteiger partial charge is 0.353 e. The Labute approximate surface area is 232 Å². The van der Waals surface area contributed by atoms with Crippen LogP contribution in [-0.4, -0.2) is 65.7 Å². The number of likely N-dealkylation sites (tertiary alicyclic amines) is 1. The molecule has 39 heavy (non-hydrogen) atoms. The highest BCUT2D eigenvalue weighted by atomic mass is 32.2. The summed E-state index contributed by atoms with van der Waals surface area (Å²) in [6, 6.07) is 9.41. The van der Waals surface area contributed by atoms with Crippen LogP contribution in [0.15, 0.2) is 59.5 Å². The van der Waals surface area contributed by atoms with Crippen molar-refractivity contribution >= 4 is 40.7 Å². The molecule has 6 rings (SSSR count). The minimum Gasteiger partial charge on any atom is -0.353 e. The lowest BCUT2D eigenvalue weighted by Gasteiger charge is -2.30. The second kappa shape index (κ2) is 11.2. The number of anilines is 2. The SMILES string of the molecule is Cc1cn2c(-c3cnn(CC(=O)Nc4ccccc4)c3)cnc2c(NC2CC(CN3CCCC(C)C3)=NS2)n1. The van der Waals surface area contributed by atoms with Crippen LogP contribution in [0.1, 0.15) is 31.9 Å². The molecule has 4 aromatic rings. The summed E-state index contributed by atoms with van der Waals surface area (Å²) in [5, 5.41) is 11.0. The smallest absolute Gasteiger partial charge is 0.246 e. The predicted molar refractivity (Wildman–Crippen MR) is 156 cm³/mol. The molecule has 0 spiro atoms. The molecule has 5 heterocycles. The second-order valence-electron chi connectivity index (χ2n) is 10.5. The number of carbonyl (C=O) groups is 1. The number of carbonyl (C=O) groups excluding carboxylic acids is 1. The van der Waals surface area contributed by atoms with Crippen LogP contribution in [0.25, 0.3) is 16.9 Å². The maximum atomic E-state index is 12.5. The minimum atomic E-state index is -0.133. The zero-order valence-corrected chi connectivity index (χ0v) is 23.1. The first-order valence-corrected chi connectivity index (χ1v) is 14.3. The molecule has 10 nitrogen and oxygen atoms in total. The number of aryl methyl sites for hydroxylation is 1. The summed E-state index contributed by atoms with van der Waals surface area (Å²) in [6.45, 7) is 7.71. The average Bonchev–Trinajstić information content (AvgIpc) is 3.65. The maximum Gasteiger partial charge on any atom is 0.246 e. The Kier molecular flexibility index (Phi) is 7.34. The van der Waals surface area contributed by atoms with Crippen molar-refractivity contribution in [3.8, 4) is 11.3 Å². The van der Waals surface area contributed by atoms with Gasteiger partial charge in [-0.3, -0.25) is 18.8 Å². The molecule has 202 valence electrons. The first-order valence-electron chi connectivity index (χ1n) is 13.4. The first kappa shape index (κ1) is 25.6. The fourth-order valence-corrected chi connectivity index (χ4v) is 6.15. The lowest BCUT2D eigenvalue weighted by Crippen LogP contribution is -2.38. The normalized spacial score (nSPS) is 19.8. The predicted octanol–water partition coefficient (Wildman–Crippen LogP) is 4.50. The number of hydrogen-bond donors (Lipinski definition) is 2. The number of piperidine rings is 1. The van der Waals surface area contributed by atoms with Crippen molar-refractivity contribution in [2.24, 2.45) is 10.3 Å². The van der Waals surface area contributed by atoms with Gasteiger partial charge in [0.2, 0.25) is 5.91 Å². The third kappa shape index (κ3) is 5.99. The Morgan fingerprint density at radius 3 is 2.90 bits per heavy atom. The second-order valence-corrected chi connectivity index (χ2v) is 11.5. The van der Waals surface area contributed by atoms with E-state index in [0.29, 0.717) is 0 Å². The molecule has 0 bridgehead atoms. The molecule has 2 N–H and O–H groups in total. The van der Waals surface area contributed by atoms with Crippen molar-refractivity contribution in [1.82, 2.24) is 29.0 Å². The van der Waals surface area contributed by atoms with Crippen LogP contribution in [0.5, 0.6) is 0 Å². The summed E-state index contributed by atoms with van der Waals surface area (Å²) in [7, 11) is 0. The van der Waals surface area contributed by atoms with Crippen LogP contribution < -0.4 is 10.6 Å². The number of aromatic nitrogens is 5. The molecule has 3 aromatic heterocycles. The van der Waals surface area contributed by atoms with Crippen molar-refractivity contribution in [3.63, 3.8) is 0 Å². The number of amides is 1. The number of nitrogens with one attached hydrogen (secondary N) is 2. The van der Waals surface area contributed by atoms with Crippen LogP contribution in [-0.2, 0) is 11.3 Å². The lowest BCUT2D eigenvalue weighted by atomic mass is 10.00. The van der Waals surface area contributed by atoms with Gasteiger partial charge >= 0.3 is 0 Å². The number of fused-ring (bicyclic) bond motifs is 1. The molecular weight excluding hydrogens is 510 g/mol. The molecule has 2 unspecified atom stereocenters. The zero-order chi connectivity index (χ0) is 26.8. The quantitative estimate of drug-likeness (QED) is 0.315. The summed E-state index contributed by atoms with van der Waals surface area (Å²) in [5.74, 6) is 1.38. The molecule has 11 heteroatoms. The van der Waals surface area contributed by atoms with E-state index in [1.54, 1.807) is 22.8 Å². The van der Waals surface area contributed by atoms with Crippen LogP contribution in [0.3, 0.4) is 0 Å². The van der Waals surface area contributed by atoms with Crippen molar-refractivity contribution in [2.75, 3.05) is 30.3 Å². The van der Waals surface area contributed by atoms with Crippen LogP contribution in [0.4, 0.5) is 11.5 Å². The fraction of sp³-hybridized carbons (Fsp3) is 0.393. The summed E-state index contributed by atoms with van der Waals surface area (Å²) in [4.78, 5) is 24.5. The number of benzene rings is 1. The maximum absolute atomic E-state index is 12.5. The molecule has 1 fully saturated rings. The Hall–Kier alpha value is -3.70. The number of rotatable bonds is 8. The summed E-state index contributed by atoms with van der Waals surface area (Å²) < 4.78 is 8.44. The molecule has 1 aromatic carbocycles. The van der Waals surface area contributed by atoms with E-state index in [2.05, 4.69) is 27.6 Å². The van der Waals surface area contributed by atoms with E-state index in [-0.39, 0.29) is 17.8 Å². The molecule has 0 aliphatic carbocycles. The van der Waals surface area contributed by atoms with E-state index in [1.165, 1.54) is 18.6 Å². The minimum absolute atomic E-state index is 0.122. The number of nitrogens with zero attached hydrogens (tertiary/aromatic N) is 7. The fourth-order valence-electron chi connectivity index (χ4n) is 5.31. The van der Waals surface area contributed by atoms with Crippen LogP contribution in [0, 0.1) is 12.8 Å². The third-order valence-electron chi connectivity index (χ3n) is 7.08. The highest BCUT2D eigenvalue weighted by Crippen LogP contribution is 2.30. The molecule has 0 saturated carbocycles. The van der Waals surface area contributed by atoms with Crippen LogP contribution in [0.2, 0.25) is 0 Å². The van der Waals surface area contributed by atoms with Gasteiger partial charge in [-0.25, -0.2) is 14.4 Å². The Bertz CT molecular complexity index is 1500. The van der Waals surface area contributed by atoms with Gasteiger partial charge in [-0.2, -0.15) is 5.10 Å². The Morgan fingerprint density at radius 1 is 1.18 bits per heavy atom.